The fraction of sp³-hybridized carbons (Fsp3) is 0.429. The number of carbonyl (C=O) groups is 2. The van der Waals surface area contributed by atoms with Crippen molar-refractivity contribution in [2.45, 2.75) is 20.3 Å². The summed E-state index contributed by atoms with van der Waals surface area (Å²) >= 11 is 3.32. The normalized spacial score (nSPS) is 9.11. The van der Waals surface area contributed by atoms with Gasteiger partial charge < -0.3 is 4.90 Å². The van der Waals surface area contributed by atoms with Gasteiger partial charge in [0.05, 0.1) is 5.56 Å². The Morgan fingerprint density at radius 2 is 1.94 bits per heavy atom. The number of carbonyl (C=O) groups excluding carboxylic acids is 2. The highest BCUT2D eigenvalue weighted by Gasteiger charge is 2.14. The molecule has 0 unspecified atom stereocenters. The Labute approximate surface area is 117 Å². The number of halogens is 1. The van der Waals surface area contributed by atoms with Crippen molar-refractivity contribution in [3.8, 4) is 0 Å². The van der Waals surface area contributed by atoms with E-state index < -0.39 is 0 Å². The summed E-state index contributed by atoms with van der Waals surface area (Å²) in [6, 6.07) is 6.84. The van der Waals surface area contributed by atoms with Crippen molar-refractivity contribution in [1.82, 2.24) is 4.90 Å². The van der Waals surface area contributed by atoms with Gasteiger partial charge in [-0.2, -0.15) is 0 Å². The third-order valence-electron chi connectivity index (χ3n) is 2.29. The van der Waals surface area contributed by atoms with Gasteiger partial charge >= 0.3 is 0 Å². The van der Waals surface area contributed by atoms with Gasteiger partial charge in [0.25, 0.3) is 5.91 Å². The monoisotopic (exact) mass is 313 g/mol. The topological polar surface area (TPSA) is 37.4 Å². The summed E-state index contributed by atoms with van der Waals surface area (Å²) < 4.78 is 0. The molecule has 4 heteroatoms. The second-order valence-corrected chi connectivity index (χ2v) is 4.27. The van der Waals surface area contributed by atoms with Crippen LogP contribution in [0.3, 0.4) is 0 Å². The molecule has 0 aliphatic heterocycles. The van der Waals surface area contributed by atoms with Gasteiger partial charge in [-0.05, 0) is 12.5 Å². The molecule has 18 heavy (non-hydrogen) atoms. The first-order valence-electron chi connectivity index (χ1n) is 6.06. The molecule has 0 atom stereocenters. The van der Waals surface area contributed by atoms with Crippen LogP contribution in [-0.4, -0.2) is 36.0 Å². The van der Waals surface area contributed by atoms with E-state index >= 15 is 0 Å². The third kappa shape index (κ3) is 5.00. The van der Waals surface area contributed by atoms with Crippen molar-refractivity contribution in [3.63, 3.8) is 0 Å². The lowest BCUT2D eigenvalue weighted by Crippen LogP contribution is -2.28. The third-order valence-corrected chi connectivity index (χ3v) is 2.85. The van der Waals surface area contributed by atoms with Crippen molar-refractivity contribution in [3.05, 3.63) is 35.4 Å². The molecule has 1 aromatic rings. The molecule has 0 N–H and O–H groups in total. The lowest BCUT2D eigenvalue weighted by molar-refractivity contribution is 0.0792. The predicted molar refractivity (Wildman–Crippen MR) is 78.5 cm³/mol. The zero-order valence-electron chi connectivity index (χ0n) is 11.1. The van der Waals surface area contributed by atoms with Crippen molar-refractivity contribution in [2.24, 2.45) is 0 Å². The average molecular weight is 314 g/mol. The Kier molecular flexibility index (Phi) is 9.19. The molecule has 0 aromatic heterocycles. The zero-order chi connectivity index (χ0) is 14.0. The zero-order valence-corrected chi connectivity index (χ0v) is 12.7. The minimum absolute atomic E-state index is 0.108. The molecule has 0 heterocycles. The quantitative estimate of drug-likeness (QED) is 0.617. The first-order chi connectivity index (χ1) is 8.70. The van der Waals surface area contributed by atoms with Crippen LogP contribution in [0.1, 0.15) is 41.0 Å². The summed E-state index contributed by atoms with van der Waals surface area (Å²) in [5.74, 6) is -0.108. The summed E-state index contributed by atoms with van der Waals surface area (Å²) in [5.41, 5.74) is 0.910. The largest absolute Gasteiger partial charge is 0.342 e. The van der Waals surface area contributed by atoms with E-state index in [4.69, 9.17) is 0 Å². The van der Waals surface area contributed by atoms with Gasteiger partial charge in [-0.25, -0.2) is 0 Å². The number of benzene rings is 1. The van der Waals surface area contributed by atoms with Crippen LogP contribution in [0.5, 0.6) is 0 Å². The van der Waals surface area contributed by atoms with Crippen LogP contribution < -0.4 is 0 Å². The lowest BCUT2D eigenvalue weighted by atomic mass is 10.1. The standard InChI is InChI=1S/C12H14BrNO2.C2H6/c1-14(8-4-7-13)12(16)11-6-3-2-5-10(11)9-15;1-2/h2-3,5-6,9H,4,7-8H2,1H3;1-2H3. The fourth-order valence-electron chi connectivity index (χ4n) is 1.40. The summed E-state index contributed by atoms with van der Waals surface area (Å²) in [6.07, 6.45) is 1.61. The molecule has 0 aliphatic carbocycles. The van der Waals surface area contributed by atoms with E-state index in [1.54, 1.807) is 36.2 Å². The summed E-state index contributed by atoms with van der Waals surface area (Å²) in [7, 11) is 1.74. The maximum Gasteiger partial charge on any atom is 0.254 e. The number of aldehydes is 1. The molecule has 100 valence electrons. The number of rotatable bonds is 5. The smallest absolute Gasteiger partial charge is 0.254 e. The first-order valence-corrected chi connectivity index (χ1v) is 7.18. The lowest BCUT2D eigenvalue weighted by Gasteiger charge is -2.17. The fourth-order valence-corrected chi connectivity index (χ4v) is 1.65. The molecule has 0 bridgehead atoms. The Hall–Kier alpha value is -1.16. The van der Waals surface area contributed by atoms with Gasteiger partial charge in [-0.15, -0.1) is 0 Å². The first kappa shape index (κ1) is 16.8. The minimum Gasteiger partial charge on any atom is -0.342 e. The van der Waals surface area contributed by atoms with E-state index in [0.29, 0.717) is 24.0 Å². The van der Waals surface area contributed by atoms with Crippen molar-refractivity contribution in [1.29, 1.82) is 0 Å². The maximum atomic E-state index is 12.0. The second kappa shape index (κ2) is 9.83. The summed E-state index contributed by atoms with van der Waals surface area (Å²) in [6.45, 7) is 4.68. The van der Waals surface area contributed by atoms with Gasteiger partial charge in [0, 0.05) is 24.5 Å². The average Bonchev–Trinajstić information content (AvgIpc) is 2.45. The van der Waals surface area contributed by atoms with Gasteiger partial charge in [0.2, 0.25) is 0 Å². The molecule has 0 aliphatic rings. The second-order valence-electron chi connectivity index (χ2n) is 3.47. The Morgan fingerprint density at radius 1 is 1.33 bits per heavy atom. The Morgan fingerprint density at radius 3 is 2.50 bits per heavy atom. The number of nitrogens with zero attached hydrogens (tertiary/aromatic N) is 1. The van der Waals surface area contributed by atoms with Crippen LogP contribution in [0.25, 0.3) is 0 Å². The van der Waals surface area contributed by atoms with E-state index in [-0.39, 0.29) is 5.91 Å². The van der Waals surface area contributed by atoms with E-state index in [1.807, 2.05) is 13.8 Å². The highest BCUT2D eigenvalue weighted by atomic mass is 79.9. The van der Waals surface area contributed by atoms with Gasteiger partial charge in [-0.3, -0.25) is 9.59 Å². The Balaban J connectivity index is 0.00000137. The van der Waals surface area contributed by atoms with Crippen LogP contribution in [-0.2, 0) is 0 Å². The number of alkyl halides is 1. The van der Waals surface area contributed by atoms with Gasteiger partial charge in [0.1, 0.15) is 0 Å². The van der Waals surface area contributed by atoms with Crippen molar-refractivity contribution in [2.75, 3.05) is 18.9 Å². The molecule has 1 rings (SSSR count). The molecule has 0 spiro atoms. The molecule has 0 saturated heterocycles. The predicted octanol–water partition coefficient (Wildman–Crippen LogP) is 3.38. The van der Waals surface area contributed by atoms with Crippen molar-refractivity contribution >= 4 is 28.1 Å². The minimum atomic E-state index is -0.108. The van der Waals surface area contributed by atoms with Crippen LogP contribution in [0.4, 0.5) is 0 Å². The highest BCUT2D eigenvalue weighted by molar-refractivity contribution is 9.09. The van der Waals surface area contributed by atoms with Crippen LogP contribution in [0.2, 0.25) is 0 Å². The van der Waals surface area contributed by atoms with E-state index in [1.165, 1.54) is 0 Å². The molecule has 0 saturated carbocycles. The molecule has 0 radical (unpaired) electrons. The molecule has 3 nitrogen and oxygen atoms in total. The van der Waals surface area contributed by atoms with E-state index in [9.17, 15) is 9.59 Å². The van der Waals surface area contributed by atoms with Crippen LogP contribution >= 0.6 is 15.9 Å². The molecule has 1 amide bonds. The molecular weight excluding hydrogens is 294 g/mol. The Bertz CT molecular complexity index is 380. The van der Waals surface area contributed by atoms with Gasteiger partial charge in [0.15, 0.2) is 6.29 Å². The molecule has 1 aromatic carbocycles. The van der Waals surface area contributed by atoms with E-state index in [2.05, 4.69) is 15.9 Å². The van der Waals surface area contributed by atoms with Crippen LogP contribution in [0.15, 0.2) is 24.3 Å². The maximum absolute atomic E-state index is 12.0. The SMILES string of the molecule is CC.CN(CCCBr)C(=O)c1ccccc1C=O. The number of amides is 1. The van der Waals surface area contributed by atoms with Crippen molar-refractivity contribution < 1.29 is 9.59 Å². The molecular formula is C14H20BrNO2. The van der Waals surface area contributed by atoms with Crippen LogP contribution in [0, 0.1) is 0 Å². The van der Waals surface area contributed by atoms with E-state index in [0.717, 1.165) is 11.8 Å². The molecule has 0 fully saturated rings. The number of hydrogen-bond donors (Lipinski definition) is 0. The summed E-state index contributed by atoms with van der Waals surface area (Å²) in [5, 5.41) is 0.861. The number of hydrogen-bond acceptors (Lipinski definition) is 2. The summed E-state index contributed by atoms with van der Waals surface area (Å²) in [4.78, 5) is 24.4. The van der Waals surface area contributed by atoms with Gasteiger partial charge in [-0.1, -0.05) is 48.0 Å². The highest BCUT2D eigenvalue weighted by Crippen LogP contribution is 2.09.